The first-order valence-electron chi connectivity index (χ1n) is 8.64. The molecule has 0 fully saturated rings. The monoisotopic (exact) mass is 381 g/mol. The van der Waals surface area contributed by atoms with E-state index in [1.54, 1.807) is 36.1 Å². The number of hydrogen-bond acceptors (Lipinski definition) is 3. The molecule has 1 amide bonds. The maximum atomic E-state index is 13.0. The zero-order valence-corrected chi connectivity index (χ0v) is 16.0. The fraction of sp³-hybridized carbons (Fsp3) is 0.182. The van der Waals surface area contributed by atoms with Crippen LogP contribution in [0.2, 0.25) is 5.02 Å². The number of ether oxygens (including phenoxy) is 1. The number of carbonyl (C=O) groups is 2. The van der Waals surface area contributed by atoms with Gasteiger partial charge in [-0.2, -0.15) is 0 Å². The van der Waals surface area contributed by atoms with Crippen LogP contribution in [-0.4, -0.2) is 30.4 Å². The molecule has 4 nitrogen and oxygen atoms in total. The number of hydrogen-bond donors (Lipinski definition) is 0. The van der Waals surface area contributed by atoms with Crippen LogP contribution in [0.5, 0.6) is 0 Å². The van der Waals surface area contributed by atoms with Crippen molar-refractivity contribution in [3.8, 4) is 0 Å². The van der Waals surface area contributed by atoms with E-state index < -0.39 is 5.97 Å². The molecule has 0 spiro atoms. The lowest BCUT2D eigenvalue weighted by atomic mass is 10.0. The number of carbonyl (C=O) groups excluding carboxylic acids is 2. The van der Waals surface area contributed by atoms with Crippen molar-refractivity contribution < 1.29 is 14.3 Å². The maximum absolute atomic E-state index is 13.0. The third-order valence-electron chi connectivity index (χ3n) is 4.53. The standard InChI is InChI=1S/C22H20ClNO3/c1-15-20(22(26)27-2)19(14-17-9-6-10-18(23)13-17)21(25)24(15)12-11-16-7-4-3-5-8-16/h3-10,13-14H,11-12H2,1-2H3/b19-14-. The minimum absolute atomic E-state index is 0.205. The van der Waals surface area contributed by atoms with Gasteiger partial charge in [-0.05, 0) is 42.7 Å². The lowest BCUT2D eigenvalue weighted by Crippen LogP contribution is -2.27. The first-order chi connectivity index (χ1) is 13.0. The van der Waals surface area contributed by atoms with Crippen molar-refractivity contribution in [2.75, 3.05) is 13.7 Å². The van der Waals surface area contributed by atoms with Crippen LogP contribution in [0.4, 0.5) is 0 Å². The Hall–Kier alpha value is -2.85. The molecule has 0 atom stereocenters. The van der Waals surface area contributed by atoms with Crippen LogP contribution in [0.1, 0.15) is 18.1 Å². The highest BCUT2D eigenvalue weighted by Gasteiger charge is 2.36. The number of halogens is 1. The Bertz CT molecular complexity index is 932. The van der Waals surface area contributed by atoms with E-state index in [0.29, 0.717) is 34.8 Å². The van der Waals surface area contributed by atoms with Crippen molar-refractivity contribution in [1.82, 2.24) is 4.90 Å². The van der Waals surface area contributed by atoms with Crippen molar-refractivity contribution in [2.24, 2.45) is 0 Å². The zero-order valence-electron chi connectivity index (χ0n) is 15.2. The van der Waals surface area contributed by atoms with Gasteiger partial charge >= 0.3 is 5.97 Å². The predicted molar refractivity (Wildman–Crippen MR) is 106 cm³/mol. The maximum Gasteiger partial charge on any atom is 0.340 e. The number of allylic oxidation sites excluding steroid dienone is 1. The van der Waals surface area contributed by atoms with E-state index in [9.17, 15) is 9.59 Å². The Balaban J connectivity index is 1.94. The molecule has 0 N–H and O–H groups in total. The fourth-order valence-electron chi connectivity index (χ4n) is 3.15. The second kappa shape index (κ2) is 8.23. The Labute approximate surface area is 163 Å². The quantitative estimate of drug-likeness (QED) is 0.574. The summed E-state index contributed by atoms with van der Waals surface area (Å²) in [6.45, 7) is 2.26. The van der Waals surface area contributed by atoms with E-state index in [1.165, 1.54) is 7.11 Å². The molecule has 0 aliphatic carbocycles. The molecule has 0 saturated carbocycles. The van der Waals surface area contributed by atoms with Gasteiger partial charge in [0.2, 0.25) is 0 Å². The number of methoxy groups -OCH3 is 1. The van der Waals surface area contributed by atoms with Gasteiger partial charge in [-0.15, -0.1) is 0 Å². The van der Waals surface area contributed by atoms with Crippen LogP contribution in [0.15, 0.2) is 71.4 Å². The average molecular weight is 382 g/mol. The molecule has 0 bridgehead atoms. The number of nitrogens with zero attached hydrogens (tertiary/aromatic N) is 1. The average Bonchev–Trinajstić information content (AvgIpc) is 2.90. The number of rotatable bonds is 5. The Morgan fingerprint density at radius 1 is 1.15 bits per heavy atom. The summed E-state index contributed by atoms with van der Waals surface area (Å²) in [4.78, 5) is 27.0. The van der Waals surface area contributed by atoms with Gasteiger partial charge in [0.05, 0.1) is 18.3 Å². The van der Waals surface area contributed by atoms with Gasteiger partial charge in [0.1, 0.15) is 0 Å². The summed E-state index contributed by atoms with van der Waals surface area (Å²) in [5.41, 5.74) is 3.12. The van der Waals surface area contributed by atoms with Gasteiger partial charge in [-0.3, -0.25) is 4.79 Å². The molecule has 5 heteroatoms. The molecule has 1 aliphatic rings. The normalized spacial score (nSPS) is 15.6. The molecular formula is C22H20ClNO3. The van der Waals surface area contributed by atoms with Gasteiger partial charge < -0.3 is 9.64 Å². The van der Waals surface area contributed by atoms with Crippen LogP contribution in [0, 0.1) is 0 Å². The molecule has 27 heavy (non-hydrogen) atoms. The van der Waals surface area contributed by atoms with Crippen molar-refractivity contribution >= 4 is 29.6 Å². The van der Waals surface area contributed by atoms with Crippen LogP contribution in [0.3, 0.4) is 0 Å². The summed E-state index contributed by atoms with van der Waals surface area (Å²) in [5, 5.41) is 0.566. The van der Waals surface area contributed by atoms with E-state index in [1.807, 2.05) is 36.4 Å². The SMILES string of the molecule is COC(=O)C1=C(C)N(CCc2ccccc2)C(=O)/C1=C\c1cccc(Cl)c1. The molecule has 3 rings (SSSR count). The van der Waals surface area contributed by atoms with Crippen molar-refractivity contribution in [3.05, 3.63) is 87.6 Å². The number of amides is 1. The summed E-state index contributed by atoms with van der Waals surface area (Å²) in [6.07, 6.45) is 2.38. The summed E-state index contributed by atoms with van der Waals surface area (Å²) in [5.74, 6) is -0.722. The van der Waals surface area contributed by atoms with E-state index in [2.05, 4.69) is 0 Å². The second-order valence-corrected chi connectivity index (χ2v) is 6.69. The van der Waals surface area contributed by atoms with E-state index in [-0.39, 0.29) is 5.91 Å². The molecule has 0 aromatic heterocycles. The minimum Gasteiger partial charge on any atom is -0.465 e. The van der Waals surface area contributed by atoms with Gasteiger partial charge in [0.25, 0.3) is 5.91 Å². The van der Waals surface area contributed by atoms with Crippen molar-refractivity contribution in [2.45, 2.75) is 13.3 Å². The first kappa shape index (κ1) is 18.9. The Morgan fingerprint density at radius 2 is 1.89 bits per heavy atom. The molecule has 138 valence electrons. The number of esters is 1. The minimum atomic E-state index is -0.517. The Kier molecular flexibility index (Phi) is 5.77. The number of benzene rings is 2. The molecule has 2 aromatic carbocycles. The molecule has 0 unspecified atom stereocenters. The summed E-state index contributed by atoms with van der Waals surface area (Å²) < 4.78 is 4.91. The Morgan fingerprint density at radius 3 is 2.56 bits per heavy atom. The van der Waals surface area contributed by atoms with Crippen LogP contribution in [0.25, 0.3) is 6.08 Å². The van der Waals surface area contributed by atoms with Crippen LogP contribution < -0.4 is 0 Å². The summed E-state index contributed by atoms with van der Waals surface area (Å²) in [7, 11) is 1.32. The highest BCUT2D eigenvalue weighted by molar-refractivity contribution is 6.30. The zero-order chi connectivity index (χ0) is 19.4. The molecule has 0 saturated heterocycles. The van der Waals surface area contributed by atoms with Crippen LogP contribution >= 0.6 is 11.6 Å². The first-order valence-corrected chi connectivity index (χ1v) is 9.01. The van der Waals surface area contributed by atoms with Gasteiger partial charge in [-0.25, -0.2) is 4.79 Å². The van der Waals surface area contributed by atoms with Crippen molar-refractivity contribution in [3.63, 3.8) is 0 Å². The summed E-state index contributed by atoms with van der Waals surface area (Å²) >= 11 is 6.04. The molecule has 1 heterocycles. The topological polar surface area (TPSA) is 46.6 Å². The second-order valence-electron chi connectivity index (χ2n) is 6.26. The van der Waals surface area contributed by atoms with Crippen molar-refractivity contribution in [1.29, 1.82) is 0 Å². The highest BCUT2D eigenvalue weighted by atomic mass is 35.5. The lowest BCUT2D eigenvalue weighted by molar-refractivity contribution is -0.136. The van der Waals surface area contributed by atoms with Gasteiger partial charge in [0.15, 0.2) is 0 Å². The predicted octanol–water partition coefficient (Wildman–Crippen LogP) is 4.26. The molecule has 0 radical (unpaired) electrons. The third kappa shape index (κ3) is 4.12. The smallest absolute Gasteiger partial charge is 0.340 e. The highest BCUT2D eigenvalue weighted by Crippen LogP contribution is 2.32. The lowest BCUT2D eigenvalue weighted by Gasteiger charge is -2.17. The van der Waals surface area contributed by atoms with E-state index >= 15 is 0 Å². The summed E-state index contributed by atoms with van der Waals surface area (Å²) in [6, 6.07) is 17.1. The van der Waals surface area contributed by atoms with Gasteiger partial charge in [0, 0.05) is 17.3 Å². The molecule has 2 aromatic rings. The molecule has 1 aliphatic heterocycles. The van der Waals surface area contributed by atoms with E-state index in [4.69, 9.17) is 16.3 Å². The van der Waals surface area contributed by atoms with Gasteiger partial charge in [-0.1, -0.05) is 54.1 Å². The fourth-order valence-corrected chi connectivity index (χ4v) is 3.34. The molecular weight excluding hydrogens is 362 g/mol. The van der Waals surface area contributed by atoms with E-state index in [0.717, 1.165) is 11.1 Å². The largest absolute Gasteiger partial charge is 0.465 e. The van der Waals surface area contributed by atoms with Crippen LogP contribution in [-0.2, 0) is 20.7 Å². The third-order valence-corrected chi connectivity index (χ3v) is 4.76.